The van der Waals surface area contributed by atoms with Gasteiger partial charge in [-0.3, -0.25) is 0 Å². The average molecular weight is 579 g/mol. The number of allylic oxidation sites excluding steroid dienone is 1. The first-order valence-electron chi connectivity index (χ1n) is 14.2. The molecule has 0 aliphatic heterocycles. The van der Waals surface area contributed by atoms with Gasteiger partial charge in [0.1, 0.15) is 0 Å². The maximum Gasteiger partial charge on any atom is 0.319 e. The van der Waals surface area contributed by atoms with Crippen LogP contribution < -0.4 is 10.6 Å². The first kappa shape index (κ1) is 36.7. The Balaban J connectivity index is 0.00000269. The van der Waals surface area contributed by atoms with Crippen LogP contribution in [0, 0.1) is 18.8 Å². The van der Waals surface area contributed by atoms with E-state index < -0.39 is 15.9 Å². The summed E-state index contributed by atoms with van der Waals surface area (Å²) in [6.45, 7) is 20.4. The number of sulfone groups is 1. The lowest BCUT2D eigenvalue weighted by molar-refractivity contribution is 0.249. The second kappa shape index (κ2) is 18.9. The number of aryl methyl sites for hydroxylation is 1. The zero-order chi connectivity index (χ0) is 30.2. The van der Waals surface area contributed by atoms with E-state index in [1.807, 2.05) is 45.9 Å². The summed E-state index contributed by atoms with van der Waals surface area (Å²) in [5, 5.41) is 6.25. The third-order valence-corrected chi connectivity index (χ3v) is 7.97. The molecule has 0 aliphatic carbocycles. The lowest BCUT2D eigenvalue weighted by Gasteiger charge is -2.17. The van der Waals surface area contributed by atoms with Gasteiger partial charge in [0.05, 0.1) is 16.7 Å². The highest BCUT2D eigenvalue weighted by atomic mass is 35.5. The summed E-state index contributed by atoms with van der Waals surface area (Å²) in [6.07, 6.45) is 5.07. The number of halogens is 1. The van der Waals surface area contributed by atoms with Crippen molar-refractivity contribution in [2.75, 3.05) is 11.1 Å². The summed E-state index contributed by atoms with van der Waals surface area (Å²) in [5.41, 5.74) is 3.24. The first-order valence-corrected chi connectivity index (χ1v) is 16.2. The van der Waals surface area contributed by atoms with Crippen molar-refractivity contribution in [3.63, 3.8) is 0 Å². The zero-order valence-corrected chi connectivity index (χ0v) is 27.3. The minimum Gasteiger partial charge on any atom is -0.331 e. The van der Waals surface area contributed by atoms with Crippen molar-refractivity contribution in [3.05, 3.63) is 70.3 Å². The Morgan fingerprint density at radius 1 is 0.974 bits per heavy atom. The summed E-state index contributed by atoms with van der Waals surface area (Å²) in [7, 11) is -3.48. The predicted molar refractivity (Wildman–Crippen MR) is 170 cm³/mol. The fraction of sp³-hybridized carbons (Fsp3) is 0.531. The number of urea groups is 1. The van der Waals surface area contributed by atoms with Crippen LogP contribution in [0.25, 0.3) is 0 Å². The van der Waals surface area contributed by atoms with Crippen LogP contribution in [0.1, 0.15) is 98.7 Å². The maximum atomic E-state index is 13.0. The van der Waals surface area contributed by atoms with E-state index in [1.165, 1.54) is 6.42 Å². The monoisotopic (exact) mass is 578 g/mol. The molecular weight excluding hydrogens is 528 g/mol. The molecule has 0 radical (unpaired) electrons. The van der Waals surface area contributed by atoms with E-state index in [2.05, 4.69) is 58.3 Å². The van der Waals surface area contributed by atoms with E-state index >= 15 is 0 Å². The highest BCUT2D eigenvalue weighted by Crippen LogP contribution is 2.26. The van der Waals surface area contributed by atoms with Gasteiger partial charge in [-0.2, -0.15) is 0 Å². The standard InChI is InChI=1S/C27H37ClN2O3S.C3H8.C2H6/c1-7-19(4)16-22(15-18(2)3)17-34(32,33)24-13-11-23(12-14-24)30-27(31)29-21(6)25-10-8-9-20(5)26(25)28;1-3-2;1-2/h8-14,16,18-19,21H,7,15,17H2,1-6H3,(H2,29,30,31);3H2,1-2H3;1-2H3/b22-16+;;. The zero-order valence-electron chi connectivity index (χ0n) is 25.7. The van der Waals surface area contributed by atoms with E-state index in [9.17, 15) is 13.2 Å². The molecule has 220 valence electrons. The second-order valence-electron chi connectivity index (χ2n) is 10.1. The highest BCUT2D eigenvalue weighted by molar-refractivity contribution is 7.91. The van der Waals surface area contributed by atoms with E-state index in [4.69, 9.17) is 11.6 Å². The number of hydrogen-bond donors (Lipinski definition) is 2. The van der Waals surface area contributed by atoms with Crippen LogP contribution in [0.5, 0.6) is 0 Å². The molecule has 2 atom stereocenters. The molecule has 0 fully saturated rings. The molecule has 2 rings (SSSR count). The number of hydrogen-bond acceptors (Lipinski definition) is 3. The van der Waals surface area contributed by atoms with Crippen molar-refractivity contribution >= 4 is 33.2 Å². The lowest BCUT2D eigenvalue weighted by atomic mass is 9.99. The second-order valence-corrected chi connectivity index (χ2v) is 12.5. The van der Waals surface area contributed by atoms with Gasteiger partial charge in [0.2, 0.25) is 0 Å². The Kier molecular flexibility index (Phi) is 17.8. The number of carbonyl (C=O) groups excluding carboxylic acids is 1. The molecule has 2 N–H and O–H groups in total. The number of amides is 2. The van der Waals surface area contributed by atoms with Gasteiger partial charge in [-0.1, -0.05) is 110 Å². The number of nitrogens with one attached hydrogen (secondary N) is 2. The van der Waals surface area contributed by atoms with Crippen LogP contribution in [0.4, 0.5) is 10.5 Å². The smallest absolute Gasteiger partial charge is 0.319 e. The van der Waals surface area contributed by atoms with Crippen molar-refractivity contribution in [1.29, 1.82) is 0 Å². The maximum absolute atomic E-state index is 13.0. The fourth-order valence-corrected chi connectivity index (χ4v) is 5.45. The van der Waals surface area contributed by atoms with Crippen LogP contribution in [-0.2, 0) is 9.84 Å². The number of anilines is 1. The third-order valence-electron chi connectivity index (χ3n) is 5.72. The summed E-state index contributed by atoms with van der Waals surface area (Å²) < 4.78 is 26.1. The molecule has 0 bridgehead atoms. The van der Waals surface area contributed by atoms with E-state index in [-0.39, 0.29) is 16.7 Å². The van der Waals surface area contributed by atoms with Gasteiger partial charge in [-0.15, -0.1) is 0 Å². The lowest BCUT2D eigenvalue weighted by Crippen LogP contribution is -2.31. The Bertz CT molecular complexity index is 1130. The first-order chi connectivity index (χ1) is 18.3. The highest BCUT2D eigenvalue weighted by Gasteiger charge is 2.19. The van der Waals surface area contributed by atoms with Gasteiger partial charge in [-0.25, -0.2) is 13.2 Å². The molecule has 0 spiro atoms. The van der Waals surface area contributed by atoms with Crippen molar-refractivity contribution in [3.8, 4) is 0 Å². The molecule has 0 heterocycles. The van der Waals surface area contributed by atoms with Crippen LogP contribution in [0.15, 0.2) is 59.0 Å². The van der Waals surface area contributed by atoms with Gasteiger partial charge in [0.25, 0.3) is 0 Å². The minimum absolute atomic E-state index is 0.0115. The molecule has 5 nitrogen and oxygen atoms in total. The van der Waals surface area contributed by atoms with Gasteiger partial charge >= 0.3 is 6.03 Å². The number of rotatable bonds is 10. The summed E-state index contributed by atoms with van der Waals surface area (Å²) >= 11 is 6.36. The van der Waals surface area contributed by atoms with Crippen LogP contribution in [0.3, 0.4) is 0 Å². The van der Waals surface area contributed by atoms with Crippen LogP contribution in [-0.4, -0.2) is 20.2 Å². The SMILES string of the molecule is CC.CCC.CCC(C)/C=C(\CC(C)C)CS(=O)(=O)c1ccc(NC(=O)NC(C)c2cccc(C)c2Cl)cc1. The van der Waals surface area contributed by atoms with E-state index in [0.717, 1.165) is 29.5 Å². The topological polar surface area (TPSA) is 75.3 Å². The van der Waals surface area contributed by atoms with Gasteiger partial charge in [-0.05, 0) is 67.5 Å². The predicted octanol–water partition coefficient (Wildman–Crippen LogP) is 9.77. The molecule has 2 aromatic carbocycles. The average Bonchev–Trinajstić information content (AvgIpc) is 2.86. The van der Waals surface area contributed by atoms with Gasteiger partial charge < -0.3 is 10.6 Å². The molecule has 2 amide bonds. The van der Waals surface area contributed by atoms with Gasteiger partial charge in [0, 0.05) is 10.7 Å². The van der Waals surface area contributed by atoms with Crippen LogP contribution in [0.2, 0.25) is 5.02 Å². The molecule has 7 heteroatoms. The molecular formula is C32H51ClN2O3S. The largest absolute Gasteiger partial charge is 0.331 e. The van der Waals surface area contributed by atoms with Crippen molar-refractivity contribution in [2.24, 2.45) is 11.8 Å². The van der Waals surface area contributed by atoms with Crippen molar-refractivity contribution < 1.29 is 13.2 Å². The molecule has 0 saturated heterocycles. The molecule has 0 saturated carbocycles. The molecule has 2 unspecified atom stereocenters. The summed E-state index contributed by atoms with van der Waals surface area (Å²) in [5.74, 6) is 0.733. The minimum atomic E-state index is -3.48. The van der Waals surface area contributed by atoms with Crippen LogP contribution >= 0.6 is 11.6 Å². The van der Waals surface area contributed by atoms with Crippen molar-refractivity contribution in [2.45, 2.75) is 99.4 Å². The fourth-order valence-electron chi connectivity index (χ4n) is 3.74. The summed E-state index contributed by atoms with van der Waals surface area (Å²) in [4.78, 5) is 12.7. The molecule has 0 aliphatic rings. The Morgan fingerprint density at radius 2 is 1.54 bits per heavy atom. The Hall–Kier alpha value is -2.31. The summed E-state index contributed by atoms with van der Waals surface area (Å²) in [6, 6.07) is 11.3. The Morgan fingerprint density at radius 3 is 2.05 bits per heavy atom. The molecule has 2 aromatic rings. The number of benzene rings is 2. The van der Waals surface area contributed by atoms with Crippen molar-refractivity contribution in [1.82, 2.24) is 5.32 Å². The van der Waals surface area contributed by atoms with E-state index in [0.29, 0.717) is 22.5 Å². The molecule has 0 aromatic heterocycles. The number of carbonyl (C=O) groups is 1. The molecule has 39 heavy (non-hydrogen) atoms. The quantitative estimate of drug-likeness (QED) is 0.275. The van der Waals surface area contributed by atoms with E-state index in [1.54, 1.807) is 24.3 Å². The third kappa shape index (κ3) is 13.5. The Labute approximate surface area is 243 Å². The van der Waals surface area contributed by atoms with Gasteiger partial charge in [0.15, 0.2) is 9.84 Å². The normalized spacial score (nSPS) is 12.9.